The van der Waals surface area contributed by atoms with Crippen LogP contribution in [0.2, 0.25) is 0 Å². The van der Waals surface area contributed by atoms with Crippen LogP contribution in [0, 0.1) is 17.8 Å². The highest BCUT2D eigenvalue weighted by atomic mass is 16.7. The minimum atomic E-state index is -1.91. The maximum Gasteiger partial charge on any atom is 0.349 e. The van der Waals surface area contributed by atoms with Crippen molar-refractivity contribution in [2.45, 2.75) is 94.9 Å². The average Bonchev–Trinajstić information content (AvgIpc) is 3.59. The Kier molecular flexibility index (Phi) is 8.67. The van der Waals surface area contributed by atoms with Crippen molar-refractivity contribution in [3.8, 4) is 0 Å². The van der Waals surface area contributed by atoms with Gasteiger partial charge in [-0.05, 0) is 76.3 Å². The van der Waals surface area contributed by atoms with E-state index in [9.17, 15) is 19.5 Å². The molecule has 6 atom stereocenters. The van der Waals surface area contributed by atoms with Crippen LogP contribution in [0.3, 0.4) is 0 Å². The lowest BCUT2D eigenvalue weighted by Crippen LogP contribution is -2.58. The van der Waals surface area contributed by atoms with E-state index in [1.54, 1.807) is 0 Å². The van der Waals surface area contributed by atoms with Crippen molar-refractivity contribution in [1.29, 1.82) is 0 Å². The standard InChI is InChI=1S/C27H42N2O7/c1-17(8-9-18-10-11-29-22(28)14-18)19(16-31)15-26-23(32)20-6-2-3-7-21(20)24(33)27(26,36-26)25(34)35-13-5-4-12-30/h18,20-22,29-31H,2-16,28H2,1H3. The Hall–Kier alpha value is -1.65. The van der Waals surface area contributed by atoms with Crippen molar-refractivity contribution in [1.82, 2.24) is 5.32 Å². The first-order valence-electron chi connectivity index (χ1n) is 13.6. The van der Waals surface area contributed by atoms with E-state index in [0.29, 0.717) is 37.2 Å². The number of epoxide rings is 1. The van der Waals surface area contributed by atoms with Crippen LogP contribution in [0.15, 0.2) is 11.1 Å². The number of piperidine rings is 1. The zero-order valence-corrected chi connectivity index (χ0v) is 21.4. The Morgan fingerprint density at radius 3 is 2.53 bits per heavy atom. The van der Waals surface area contributed by atoms with Crippen LogP contribution in [0.5, 0.6) is 0 Å². The number of esters is 1. The van der Waals surface area contributed by atoms with Crippen LogP contribution < -0.4 is 11.1 Å². The van der Waals surface area contributed by atoms with Gasteiger partial charge in [-0.2, -0.15) is 0 Å². The summed E-state index contributed by atoms with van der Waals surface area (Å²) in [5.41, 5.74) is 4.15. The van der Waals surface area contributed by atoms with Crippen molar-refractivity contribution < 1.29 is 34.1 Å². The summed E-state index contributed by atoms with van der Waals surface area (Å²) >= 11 is 0. The number of carbonyl (C=O) groups excluding carboxylic acids is 3. The van der Waals surface area contributed by atoms with E-state index in [1.807, 2.05) is 6.92 Å². The molecular formula is C27H42N2O7. The van der Waals surface area contributed by atoms with E-state index in [-0.39, 0.29) is 44.0 Å². The van der Waals surface area contributed by atoms with Gasteiger partial charge in [-0.1, -0.05) is 18.4 Å². The average molecular weight is 507 g/mol. The highest BCUT2D eigenvalue weighted by molar-refractivity contribution is 6.23. The molecule has 0 aromatic rings. The molecule has 0 aromatic heterocycles. The predicted molar refractivity (Wildman–Crippen MR) is 132 cm³/mol. The van der Waals surface area contributed by atoms with Crippen LogP contribution in [-0.2, 0) is 23.9 Å². The van der Waals surface area contributed by atoms with Crippen LogP contribution in [0.25, 0.3) is 0 Å². The van der Waals surface area contributed by atoms with Gasteiger partial charge in [0.15, 0.2) is 17.2 Å². The lowest BCUT2D eigenvalue weighted by Gasteiger charge is -2.37. The molecule has 4 rings (SSSR count). The maximum atomic E-state index is 13.8. The number of ketones is 2. The van der Waals surface area contributed by atoms with Gasteiger partial charge in [0.25, 0.3) is 5.60 Å². The molecule has 4 aliphatic rings. The fraction of sp³-hybridized carbons (Fsp3) is 0.815. The Morgan fingerprint density at radius 1 is 1.14 bits per heavy atom. The third-order valence-electron chi connectivity index (χ3n) is 8.84. The molecule has 4 fully saturated rings. The summed E-state index contributed by atoms with van der Waals surface area (Å²) in [5.74, 6) is -1.80. The minimum Gasteiger partial charge on any atom is -0.463 e. The molecule has 36 heavy (non-hydrogen) atoms. The molecule has 2 aliphatic heterocycles. The van der Waals surface area contributed by atoms with Gasteiger partial charge in [0.05, 0.1) is 19.4 Å². The summed E-state index contributed by atoms with van der Waals surface area (Å²) in [6, 6.07) is 0. The highest BCUT2D eigenvalue weighted by Crippen LogP contribution is 2.62. The molecule has 2 saturated carbocycles. The van der Waals surface area contributed by atoms with Crippen molar-refractivity contribution in [3.63, 3.8) is 0 Å². The van der Waals surface area contributed by atoms with Gasteiger partial charge >= 0.3 is 5.97 Å². The third-order valence-corrected chi connectivity index (χ3v) is 8.84. The molecule has 0 amide bonds. The van der Waals surface area contributed by atoms with Crippen LogP contribution >= 0.6 is 0 Å². The normalized spacial score (nSPS) is 36.6. The summed E-state index contributed by atoms with van der Waals surface area (Å²) < 4.78 is 11.4. The predicted octanol–water partition coefficient (Wildman–Crippen LogP) is 1.53. The highest BCUT2D eigenvalue weighted by Gasteiger charge is 2.87. The zero-order chi connectivity index (χ0) is 25.9. The number of aliphatic hydroxyl groups excluding tert-OH is 2. The largest absolute Gasteiger partial charge is 0.463 e. The summed E-state index contributed by atoms with van der Waals surface area (Å²) in [4.78, 5) is 40.8. The molecule has 0 radical (unpaired) electrons. The SMILES string of the molecule is CC(CCC1CCNC(N)C1)=C(CO)CC12OC1(C(=O)OCCCCO)C(=O)C1CCCCC1C2=O. The van der Waals surface area contributed by atoms with E-state index >= 15 is 0 Å². The van der Waals surface area contributed by atoms with E-state index in [0.717, 1.165) is 50.6 Å². The van der Waals surface area contributed by atoms with Crippen LogP contribution in [0.4, 0.5) is 0 Å². The monoisotopic (exact) mass is 506 g/mol. The quantitative estimate of drug-likeness (QED) is 0.107. The molecule has 202 valence electrons. The number of allylic oxidation sites excluding steroid dienone is 1. The number of unbranched alkanes of at least 4 members (excludes halogenated alkanes) is 1. The van der Waals surface area contributed by atoms with Crippen molar-refractivity contribution >= 4 is 17.5 Å². The van der Waals surface area contributed by atoms with E-state index in [4.69, 9.17) is 20.3 Å². The molecule has 0 bridgehead atoms. The second-order valence-corrected chi connectivity index (χ2v) is 11.1. The lowest BCUT2D eigenvalue weighted by molar-refractivity contribution is -0.158. The fourth-order valence-corrected chi connectivity index (χ4v) is 6.60. The number of rotatable bonds is 11. The number of hydrogen-bond donors (Lipinski definition) is 4. The number of hydrogen-bond acceptors (Lipinski definition) is 9. The summed E-state index contributed by atoms with van der Waals surface area (Å²) in [5, 5.41) is 22.5. The van der Waals surface area contributed by atoms with E-state index in [2.05, 4.69) is 5.32 Å². The third kappa shape index (κ3) is 4.92. The first kappa shape index (κ1) is 27.4. The summed E-state index contributed by atoms with van der Waals surface area (Å²) in [6.07, 6.45) is 7.49. The van der Waals surface area contributed by atoms with E-state index < -0.39 is 29.0 Å². The van der Waals surface area contributed by atoms with Crippen LogP contribution in [0.1, 0.15) is 77.6 Å². The van der Waals surface area contributed by atoms with Gasteiger partial charge in [-0.3, -0.25) is 9.59 Å². The number of Topliss-reactive ketones (excluding diaryl/α,β-unsaturated/α-hetero) is 2. The van der Waals surface area contributed by atoms with Gasteiger partial charge in [-0.25, -0.2) is 4.79 Å². The number of nitrogens with one attached hydrogen (secondary N) is 1. The molecule has 0 spiro atoms. The molecule has 9 nitrogen and oxygen atoms in total. The zero-order valence-electron chi connectivity index (χ0n) is 21.4. The Morgan fingerprint density at radius 2 is 1.86 bits per heavy atom. The Bertz CT molecular complexity index is 889. The van der Waals surface area contributed by atoms with E-state index in [1.165, 1.54) is 0 Å². The molecule has 2 heterocycles. The number of carbonyl (C=O) groups is 3. The number of ether oxygens (including phenoxy) is 2. The fourth-order valence-electron chi connectivity index (χ4n) is 6.60. The molecule has 0 aromatic carbocycles. The van der Waals surface area contributed by atoms with Crippen molar-refractivity contribution in [2.75, 3.05) is 26.4 Å². The Labute approximate surface area is 213 Å². The second kappa shape index (κ2) is 11.4. The molecular weight excluding hydrogens is 464 g/mol. The maximum absolute atomic E-state index is 13.8. The van der Waals surface area contributed by atoms with Gasteiger partial charge in [0.1, 0.15) is 0 Å². The smallest absolute Gasteiger partial charge is 0.349 e. The topological polar surface area (TPSA) is 151 Å². The Balaban J connectivity index is 1.55. The molecule has 5 N–H and O–H groups in total. The number of nitrogens with two attached hydrogens (primary N) is 1. The van der Waals surface area contributed by atoms with Gasteiger partial charge in [-0.15, -0.1) is 0 Å². The first-order chi connectivity index (χ1) is 17.3. The summed E-state index contributed by atoms with van der Waals surface area (Å²) in [7, 11) is 0. The molecule has 6 unspecified atom stereocenters. The molecule has 2 aliphatic carbocycles. The lowest BCUT2D eigenvalue weighted by atomic mass is 9.60. The van der Waals surface area contributed by atoms with Gasteiger partial charge in [0.2, 0.25) is 0 Å². The molecule has 2 saturated heterocycles. The number of aliphatic hydroxyl groups is 2. The summed E-state index contributed by atoms with van der Waals surface area (Å²) in [6.45, 7) is 2.60. The van der Waals surface area contributed by atoms with Gasteiger partial charge < -0.3 is 30.7 Å². The second-order valence-electron chi connectivity index (χ2n) is 11.1. The minimum absolute atomic E-state index is 0.00224. The molecule has 9 heteroatoms. The first-order valence-corrected chi connectivity index (χ1v) is 13.6. The van der Waals surface area contributed by atoms with Crippen molar-refractivity contribution in [2.24, 2.45) is 23.5 Å². The van der Waals surface area contributed by atoms with Gasteiger partial charge in [0, 0.05) is 24.9 Å². The van der Waals surface area contributed by atoms with Crippen molar-refractivity contribution in [3.05, 3.63) is 11.1 Å². The number of fused-ring (bicyclic) bond motifs is 2. The van der Waals surface area contributed by atoms with Crippen LogP contribution in [-0.4, -0.2) is 71.5 Å².